The molecule has 4 aromatic rings. The maximum absolute atomic E-state index is 13.5. The van der Waals surface area contributed by atoms with Crippen molar-refractivity contribution < 1.29 is 9.18 Å². The van der Waals surface area contributed by atoms with Crippen LogP contribution >= 0.6 is 11.3 Å². The third-order valence-corrected chi connectivity index (χ3v) is 6.62. The first kappa shape index (κ1) is 21.8. The molecule has 7 nitrogen and oxygen atoms in total. The summed E-state index contributed by atoms with van der Waals surface area (Å²) in [4.78, 5) is 22.8. The van der Waals surface area contributed by atoms with Crippen LogP contribution in [-0.2, 0) is 0 Å². The average molecular weight is 473 g/mol. The summed E-state index contributed by atoms with van der Waals surface area (Å²) in [6, 6.07) is 19.4. The number of nitrogens with zero attached hydrogens (tertiary/aromatic N) is 6. The molecule has 34 heavy (non-hydrogen) atoms. The lowest BCUT2D eigenvalue weighted by molar-refractivity contribution is 0.0755. The number of amides is 1. The Labute approximate surface area is 200 Å². The smallest absolute Gasteiger partial charge is 0.293 e. The van der Waals surface area contributed by atoms with E-state index < -0.39 is 0 Å². The number of hydrogen-bond acceptors (Lipinski definition) is 6. The molecule has 1 fully saturated rings. The van der Waals surface area contributed by atoms with Gasteiger partial charge in [-0.25, -0.2) is 14.1 Å². The maximum Gasteiger partial charge on any atom is 0.293 e. The summed E-state index contributed by atoms with van der Waals surface area (Å²) in [6.45, 7) is 2.63. The minimum absolute atomic E-state index is 0.125. The van der Waals surface area contributed by atoms with E-state index in [-0.39, 0.29) is 17.5 Å². The number of carbonyl (C=O) groups excluding carboxylic acids is 1. The van der Waals surface area contributed by atoms with Crippen molar-refractivity contribution in [3.8, 4) is 22.5 Å². The van der Waals surface area contributed by atoms with Crippen LogP contribution in [0.5, 0.6) is 0 Å². The normalized spacial score (nSPS) is 14.0. The Kier molecular flexibility index (Phi) is 6.06. The van der Waals surface area contributed by atoms with E-state index in [1.165, 1.54) is 23.5 Å². The standard InChI is InChI=1S/C25H21FN6OS/c26-19-6-10-21(11-7-19)32-24(22-3-1-16-34-22)28-23(29-32)25(33)31-13-2-12-30(14-15-31)20-8-4-18(17-27)5-9-20/h1,3-11,16H,2,12-15H2. The van der Waals surface area contributed by atoms with Crippen molar-refractivity contribution in [1.82, 2.24) is 19.7 Å². The van der Waals surface area contributed by atoms with Gasteiger partial charge in [-0.15, -0.1) is 16.4 Å². The molecule has 0 aliphatic carbocycles. The number of rotatable bonds is 4. The van der Waals surface area contributed by atoms with Crippen molar-refractivity contribution in [3.63, 3.8) is 0 Å². The summed E-state index contributed by atoms with van der Waals surface area (Å²) in [6.07, 6.45) is 0.808. The van der Waals surface area contributed by atoms with Crippen molar-refractivity contribution in [2.45, 2.75) is 6.42 Å². The highest BCUT2D eigenvalue weighted by Crippen LogP contribution is 2.26. The third kappa shape index (κ3) is 4.40. The van der Waals surface area contributed by atoms with E-state index in [4.69, 9.17) is 5.26 Å². The van der Waals surface area contributed by atoms with Crippen LogP contribution in [0.25, 0.3) is 16.4 Å². The Bertz CT molecular complexity index is 1330. The van der Waals surface area contributed by atoms with Crippen LogP contribution < -0.4 is 4.90 Å². The fourth-order valence-electron chi connectivity index (χ4n) is 4.00. The molecule has 0 spiro atoms. The van der Waals surface area contributed by atoms with Gasteiger partial charge in [0.1, 0.15) is 5.82 Å². The first-order valence-corrected chi connectivity index (χ1v) is 11.8. The molecule has 2 aromatic carbocycles. The molecule has 0 saturated carbocycles. The molecule has 0 bridgehead atoms. The number of halogens is 1. The molecule has 1 saturated heterocycles. The van der Waals surface area contributed by atoms with Gasteiger partial charge in [0, 0.05) is 31.9 Å². The molecule has 1 aliphatic heterocycles. The van der Waals surface area contributed by atoms with Gasteiger partial charge >= 0.3 is 0 Å². The summed E-state index contributed by atoms with van der Waals surface area (Å²) < 4.78 is 15.1. The van der Waals surface area contributed by atoms with Crippen LogP contribution in [0.4, 0.5) is 10.1 Å². The number of hydrogen-bond donors (Lipinski definition) is 0. The third-order valence-electron chi connectivity index (χ3n) is 5.76. The molecule has 0 unspecified atom stereocenters. The van der Waals surface area contributed by atoms with Crippen LogP contribution in [0.1, 0.15) is 22.6 Å². The number of anilines is 1. The van der Waals surface area contributed by atoms with Gasteiger partial charge in [-0.05, 0) is 66.4 Å². The number of aromatic nitrogens is 3. The molecule has 0 atom stereocenters. The molecular formula is C25H21FN6OS. The Hall–Kier alpha value is -4.03. The van der Waals surface area contributed by atoms with E-state index in [2.05, 4.69) is 21.1 Å². The molecular weight excluding hydrogens is 451 g/mol. The zero-order valence-corrected chi connectivity index (χ0v) is 19.1. The van der Waals surface area contributed by atoms with Crippen LogP contribution in [0.2, 0.25) is 0 Å². The number of carbonyl (C=O) groups is 1. The predicted molar refractivity (Wildman–Crippen MR) is 129 cm³/mol. The lowest BCUT2D eigenvalue weighted by Gasteiger charge is -2.23. The van der Waals surface area contributed by atoms with Gasteiger partial charge in [0.15, 0.2) is 5.82 Å². The quantitative estimate of drug-likeness (QED) is 0.441. The van der Waals surface area contributed by atoms with Crippen molar-refractivity contribution in [1.29, 1.82) is 5.26 Å². The number of benzene rings is 2. The summed E-state index contributed by atoms with van der Waals surface area (Å²) in [7, 11) is 0. The highest BCUT2D eigenvalue weighted by Gasteiger charge is 2.26. The molecule has 3 heterocycles. The SMILES string of the molecule is N#Cc1ccc(N2CCCN(C(=O)c3nc(-c4cccs4)n(-c4ccc(F)cc4)n3)CC2)cc1. The second-order valence-electron chi connectivity index (χ2n) is 7.92. The Balaban J connectivity index is 1.38. The van der Waals surface area contributed by atoms with Gasteiger partial charge in [0.05, 0.1) is 22.2 Å². The van der Waals surface area contributed by atoms with E-state index in [1.807, 2.05) is 29.6 Å². The second kappa shape index (κ2) is 9.45. The zero-order valence-electron chi connectivity index (χ0n) is 18.3. The largest absolute Gasteiger partial charge is 0.370 e. The topological polar surface area (TPSA) is 78.0 Å². The molecule has 0 radical (unpaired) electrons. The van der Waals surface area contributed by atoms with E-state index >= 15 is 0 Å². The van der Waals surface area contributed by atoms with Gasteiger partial charge in [0.2, 0.25) is 5.82 Å². The summed E-state index contributed by atoms with van der Waals surface area (Å²) >= 11 is 1.50. The van der Waals surface area contributed by atoms with Gasteiger partial charge in [-0.2, -0.15) is 5.26 Å². The predicted octanol–water partition coefficient (Wildman–Crippen LogP) is 4.36. The number of nitriles is 1. The molecule has 9 heteroatoms. The van der Waals surface area contributed by atoms with Crippen LogP contribution in [0.3, 0.4) is 0 Å². The van der Waals surface area contributed by atoms with E-state index in [9.17, 15) is 9.18 Å². The molecule has 1 amide bonds. The zero-order chi connectivity index (χ0) is 23.5. The van der Waals surface area contributed by atoms with E-state index in [0.29, 0.717) is 36.7 Å². The van der Waals surface area contributed by atoms with Gasteiger partial charge in [-0.1, -0.05) is 6.07 Å². The van der Waals surface area contributed by atoms with E-state index in [0.717, 1.165) is 23.5 Å². The van der Waals surface area contributed by atoms with Crippen LogP contribution in [0, 0.1) is 17.1 Å². The molecule has 1 aliphatic rings. The monoisotopic (exact) mass is 472 g/mol. The number of thiophene rings is 1. The Morgan fingerprint density at radius 1 is 0.971 bits per heavy atom. The maximum atomic E-state index is 13.5. The fourth-order valence-corrected chi connectivity index (χ4v) is 4.70. The summed E-state index contributed by atoms with van der Waals surface area (Å²) in [5.74, 6) is 0.119. The first-order valence-electron chi connectivity index (χ1n) is 10.9. The van der Waals surface area contributed by atoms with Crippen molar-refractivity contribution in [2.24, 2.45) is 0 Å². The van der Waals surface area contributed by atoms with Gasteiger partial charge < -0.3 is 9.80 Å². The van der Waals surface area contributed by atoms with Crippen molar-refractivity contribution >= 4 is 22.9 Å². The highest BCUT2D eigenvalue weighted by atomic mass is 32.1. The molecule has 170 valence electrons. The lowest BCUT2D eigenvalue weighted by atomic mass is 10.2. The minimum Gasteiger partial charge on any atom is -0.370 e. The molecule has 2 aromatic heterocycles. The van der Waals surface area contributed by atoms with E-state index in [1.54, 1.807) is 33.8 Å². The van der Waals surface area contributed by atoms with Crippen LogP contribution in [0.15, 0.2) is 66.0 Å². The van der Waals surface area contributed by atoms with Gasteiger partial charge in [0.25, 0.3) is 5.91 Å². The fraction of sp³-hybridized carbons (Fsp3) is 0.200. The summed E-state index contributed by atoms with van der Waals surface area (Å²) in [5, 5.41) is 15.5. The Morgan fingerprint density at radius 3 is 2.44 bits per heavy atom. The van der Waals surface area contributed by atoms with Gasteiger partial charge in [-0.3, -0.25) is 4.79 Å². The van der Waals surface area contributed by atoms with Crippen LogP contribution in [-0.4, -0.2) is 51.8 Å². The second-order valence-corrected chi connectivity index (χ2v) is 8.86. The Morgan fingerprint density at radius 2 is 1.74 bits per heavy atom. The van der Waals surface area contributed by atoms with Crippen molar-refractivity contribution in [3.05, 3.63) is 83.2 Å². The van der Waals surface area contributed by atoms with Crippen molar-refractivity contribution in [2.75, 3.05) is 31.1 Å². The minimum atomic E-state index is -0.339. The molecule has 5 rings (SSSR count). The lowest BCUT2D eigenvalue weighted by Crippen LogP contribution is -2.35. The molecule has 0 N–H and O–H groups in total. The highest BCUT2D eigenvalue weighted by molar-refractivity contribution is 7.13. The first-order chi connectivity index (χ1) is 16.6. The average Bonchev–Trinajstić information content (AvgIpc) is 3.49. The summed E-state index contributed by atoms with van der Waals surface area (Å²) in [5.41, 5.74) is 2.30.